The summed E-state index contributed by atoms with van der Waals surface area (Å²) < 4.78 is -1.63. The Morgan fingerprint density at radius 2 is 1.11 bits per heavy atom. The summed E-state index contributed by atoms with van der Waals surface area (Å²) in [6.07, 6.45) is 3.20. The Morgan fingerprint density at radius 3 is 1.54 bits per heavy atom. The Kier molecular flexibility index (Phi) is 5.12. The second-order valence-corrected chi connectivity index (χ2v) is 12.9. The third-order valence-corrected chi connectivity index (χ3v) is 11.3. The summed E-state index contributed by atoms with van der Waals surface area (Å²) in [4.78, 5) is 44.5. The van der Waals surface area contributed by atoms with Crippen LogP contribution < -0.4 is 4.90 Å². The van der Waals surface area contributed by atoms with E-state index in [4.69, 9.17) is 0 Å². The molecule has 5 aliphatic rings. The summed E-state index contributed by atoms with van der Waals surface area (Å²) in [5.74, 6) is -1.68. The van der Waals surface area contributed by atoms with Crippen molar-refractivity contribution in [3.63, 3.8) is 0 Å². The summed E-state index contributed by atoms with van der Waals surface area (Å²) in [6.45, 7) is 1.55. The molecule has 0 radical (unpaired) electrons. The highest BCUT2D eigenvalue weighted by Crippen LogP contribution is 2.70. The minimum atomic E-state index is -0.813. The van der Waals surface area contributed by atoms with E-state index in [9.17, 15) is 14.4 Å². The van der Waals surface area contributed by atoms with Gasteiger partial charge in [0.15, 0.2) is 0 Å². The maximum Gasteiger partial charge on any atom is 0.253 e. The van der Waals surface area contributed by atoms with Crippen molar-refractivity contribution in [1.82, 2.24) is 4.90 Å². The largest absolute Gasteiger partial charge is 0.339 e. The van der Waals surface area contributed by atoms with Crippen molar-refractivity contribution in [2.75, 3.05) is 18.0 Å². The number of halogens is 2. The van der Waals surface area contributed by atoms with Gasteiger partial charge in [0.25, 0.3) is 5.91 Å². The number of alkyl halides is 2. The molecule has 2 saturated heterocycles. The van der Waals surface area contributed by atoms with Crippen LogP contribution in [-0.4, -0.2) is 35.7 Å². The van der Waals surface area contributed by atoms with E-state index in [1.54, 1.807) is 24.3 Å². The average Bonchev–Trinajstić information content (AvgIpc) is 3.22. The lowest BCUT2D eigenvalue weighted by atomic mass is 9.54. The monoisotopic (exact) mass is 618 g/mol. The second kappa shape index (κ2) is 8.11. The van der Waals surface area contributed by atoms with Crippen LogP contribution in [0.25, 0.3) is 0 Å². The lowest BCUT2D eigenvalue weighted by Crippen LogP contribution is -2.56. The van der Waals surface area contributed by atoms with Crippen LogP contribution in [0.15, 0.2) is 72.8 Å². The Balaban J connectivity index is 1.31. The van der Waals surface area contributed by atoms with Crippen molar-refractivity contribution in [3.8, 4) is 0 Å². The minimum absolute atomic E-state index is 0.00163. The number of likely N-dealkylation sites (tertiary alicyclic amines) is 1. The van der Waals surface area contributed by atoms with Crippen LogP contribution in [0.1, 0.15) is 51.9 Å². The molecular weight excluding hydrogens is 596 g/mol. The molecule has 2 fully saturated rings. The standard InChI is InChI=1S/C30H24Br2N2O3/c31-29-20-8-2-3-9-21(20)30(32,23-11-5-4-10-22(23)29)25-24(29)27(36)34(28(25)37)19-14-12-18(13-15-19)26(35)33-16-6-1-7-17-33/h2-5,8-15,24-25H,1,6-7,16-17H2/t24-,25-,29?,30?/m0/s1. The lowest BCUT2D eigenvalue weighted by molar-refractivity contribution is -0.122. The third kappa shape index (κ3) is 2.93. The molecule has 5 nitrogen and oxygen atoms in total. The zero-order chi connectivity index (χ0) is 25.5. The molecule has 2 atom stereocenters. The Morgan fingerprint density at radius 1 is 0.676 bits per heavy atom. The van der Waals surface area contributed by atoms with Gasteiger partial charge in [-0.25, -0.2) is 4.90 Å². The van der Waals surface area contributed by atoms with E-state index in [1.807, 2.05) is 53.4 Å². The van der Waals surface area contributed by atoms with Crippen LogP contribution in [0.2, 0.25) is 0 Å². The number of anilines is 1. The lowest BCUT2D eigenvalue weighted by Gasteiger charge is -2.55. The van der Waals surface area contributed by atoms with E-state index in [2.05, 4.69) is 31.9 Å². The van der Waals surface area contributed by atoms with Gasteiger partial charge >= 0.3 is 0 Å². The van der Waals surface area contributed by atoms with Crippen molar-refractivity contribution in [2.45, 2.75) is 27.9 Å². The molecule has 3 amide bonds. The molecule has 7 heteroatoms. The number of benzene rings is 3. The summed E-state index contributed by atoms with van der Waals surface area (Å²) >= 11 is 8.07. The van der Waals surface area contributed by atoms with Crippen LogP contribution in [0.5, 0.6) is 0 Å². The molecule has 0 spiro atoms. The van der Waals surface area contributed by atoms with Crippen LogP contribution in [0.3, 0.4) is 0 Å². The second-order valence-electron chi connectivity index (χ2n) is 10.4. The molecule has 0 aromatic heterocycles. The summed E-state index contributed by atoms with van der Waals surface area (Å²) in [5, 5.41) is 0. The molecule has 2 bridgehead atoms. The molecule has 37 heavy (non-hydrogen) atoms. The number of piperidine rings is 1. The topological polar surface area (TPSA) is 57.7 Å². The highest BCUT2D eigenvalue weighted by molar-refractivity contribution is 9.10. The van der Waals surface area contributed by atoms with Crippen molar-refractivity contribution in [2.24, 2.45) is 11.8 Å². The normalized spacial score (nSPS) is 29.7. The molecule has 2 heterocycles. The van der Waals surface area contributed by atoms with E-state index in [1.165, 1.54) is 4.90 Å². The first-order valence-corrected chi connectivity index (χ1v) is 14.3. The molecule has 2 aliphatic heterocycles. The third-order valence-electron chi connectivity index (χ3n) is 8.60. The van der Waals surface area contributed by atoms with E-state index in [-0.39, 0.29) is 17.7 Å². The maximum atomic E-state index is 14.2. The van der Waals surface area contributed by atoms with Gasteiger partial charge in [-0.2, -0.15) is 0 Å². The Hall–Kier alpha value is -2.77. The van der Waals surface area contributed by atoms with Gasteiger partial charge in [0.2, 0.25) is 11.8 Å². The summed E-state index contributed by atoms with van der Waals surface area (Å²) in [6, 6.07) is 23.1. The number of rotatable bonds is 2. The van der Waals surface area contributed by atoms with Gasteiger partial charge in [-0.05, 0) is 65.8 Å². The number of hydrogen-bond donors (Lipinski definition) is 0. The molecule has 0 unspecified atom stereocenters. The van der Waals surface area contributed by atoms with Crippen molar-refractivity contribution < 1.29 is 14.4 Å². The predicted molar refractivity (Wildman–Crippen MR) is 148 cm³/mol. The zero-order valence-corrected chi connectivity index (χ0v) is 23.2. The summed E-state index contributed by atoms with van der Waals surface area (Å²) in [5.41, 5.74) is 5.12. The maximum absolute atomic E-state index is 14.2. The first-order valence-electron chi connectivity index (χ1n) is 12.7. The van der Waals surface area contributed by atoms with Crippen molar-refractivity contribution in [1.29, 1.82) is 0 Å². The highest BCUT2D eigenvalue weighted by Gasteiger charge is 2.72. The summed E-state index contributed by atoms with van der Waals surface area (Å²) in [7, 11) is 0. The molecule has 186 valence electrons. The molecule has 0 N–H and O–H groups in total. The number of carbonyl (C=O) groups is 3. The number of imide groups is 1. The van der Waals surface area contributed by atoms with Crippen molar-refractivity contribution >= 4 is 55.3 Å². The van der Waals surface area contributed by atoms with Crippen molar-refractivity contribution in [3.05, 3.63) is 101 Å². The number of carbonyl (C=O) groups excluding carboxylic acids is 3. The van der Waals surface area contributed by atoms with E-state index >= 15 is 0 Å². The minimum Gasteiger partial charge on any atom is -0.339 e. The van der Waals surface area contributed by atoms with E-state index in [0.29, 0.717) is 11.3 Å². The van der Waals surface area contributed by atoms with Gasteiger partial charge in [0.05, 0.1) is 26.2 Å². The SMILES string of the molecule is O=C(c1ccc(N2C(=O)[C@@H]3[C@@H](C2=O)C2(Br)c4ccccc4C3(Br)c3ccccc32)cc1)N1CCCCC1. The Bertz CT molecular complexity index is 1360. The zero-order valence-electron chi connectivity index (χ0n) is 20.0. The average molecular weight is 620 g/mol. The molecular formula is C30H24Br2N2O3. The fourth-order valence-corrected chi connectivity index (χ4v) is 9.26. The predicted octanol–water partition coefficient (Wildman–Crippen LogP) is 5.72. The fourth-order valence-electron chi connectivity index (χ4n) is 6.95. The quantitative estimate of drug-likeness (QED) is 0.272. The van der Waals surface area contributed by atoms with E-state index in [0.717, 1.165) is 54.6 Å². The number of nitrogens with zero attached hydrogens (tertiary/aromatic N) is 2. The number of amides is 3. The Labute approximate surface area is 232 Å². The smallest absolute Gasteiger partial charge is 0.253 e. The first-order chi connectivity index (χ1) is 17.9. The molecule has 3 aliphatic carbocycles. The van der Waals surface area contributed by atoms with Crippen LogP contribution >= 0.6 is 31.9 Å². The van der Waals surface area contributed by atoms with Crippen LogP contribution in [0.4, 0.5) is 5.69 Å². The highest BCUT2D eigenvalue weighted by atomic mass is 79.9. The molecule has 8 rings (SSSR count). The molecule has 3 aromatic rings. The number of hydrogen-bond acceptors (Lipinski definition) is 3. The van der Waals surface area contributed by atoms with Crippen LogP contribution in [0, 0.1) is 11.8 Å². The molecule has 3 aromatic carbocycles. The first kappa shape index (κ1) is 23.4. The van der Waals surface area contributed by atoms with E-state index < -0.39 is 20.5 Å². The molecule has 0 saturated carbocycles. The van der Waals surface area contributed by atoms with Gasteiger partial charge in [-0.1, -0.05) is 80.4 Å². The fraction of sp³-hybridized carbons (Fsp3) is 0.300. The van der Waals surface area contributed by atoms with Gasteiger partial charge < -0.3 is 4.90 Å². The van der Waals surface area contributed by atoms with Gasteiger partial charge in [-0.3, -0.25) is 14.4 Å². The van der Waals surface area contributed by atoms with Gasteiger partial charge in [0, 0.05) is 18.7 Å². The van der Waals surface area contributed by atoms with Gasteiger partial charge in [-0.15, -0.1) is 0 Å². The van der Waals surface area contributed by atoms with Gasteiger partial charge in [0.1, 0.15) is 0 Å². The van der Waals surface area contributed by atoms with Crippen LogP contribution in [-0.2, 0) is 18.2 Å².